The molecule has 0 bridgehead atoms. The Kier molecular flexibility index (Phi) is 4.21. The van der Waals surface area contributed by atoms with Gasteiger partial charge < -0.3 is 0 Å². The molecule has 0 amide bonds. The quantitative estimate of drug-likeness (QED) is 0.822. The van der Waals surface area contributed by atoms with Gasteiger partial charge >= 0.3 is 0 Å². The predicted molar refractivity (Wildman–Crippen MR) is 98.8 cm³/mol. The zero-order valence-corrected chi connectivity index (χ0v) is 15.2. The third kappa shape index (κ3) is 3.46. The summed E-state index contributed by atoms with van der Waals surface area (Å²) in [4.78, 5) is 12.0. The van der Waals surface area contributed by atoms with Gasteiger partial charge in [-0.05, 0) is 35.3 Å². The Morgan fingerprint density at radius 1 is 0.840 bits per heavy atom. The van der Waals surface area contributed by atoms with Crippen LogP contribution in [0.1, 0.15) is 42.3 Å². The summed E-state index contributed by atoms with van der Waals surface area (Å²) in [5.74, 6) is -0.151. The van der Waals surface area contributed by atoms with Crippen LogP contribution in [-0.2, 0) is 15.4 Å². The Morgan fingerprint density at radius 2 is 1.44 bits per heavy atom. The Labute approximate surface area is 148 Å². The third-order valence-corrected chi connectivity index (χ3v) is 5.40. The van der Waals surface area contributed by atoms with Gasteiger partial charge in [0.15, 0.2) is 5.78 Å². The maximum absolute atomic E-state index is 12.6. The number of fused-ring (bicyclic) bond motifs is 1. The molecule has 5 heteroatoms. The van der Waals surface area contributed by atoms with Crippen LogP contribution in [0.25, 0.3) is 0 Å². The van der Waals surface area contributed by atoms with E-state index in [1.807, 2.05) is 0 Å². The molecule has 0 N–H and O–H groups in total. The first-order valence-electron chi connectivity index (χ1n) is 7.96. The van der Waals surface area contributed by atoms with Crippen LogP contribution in [0.3, 0.4) is 0 Å². The molecule has 0 atom stereocenters. The number of hydrogen-bond acceptors (Lipinski definition) is 3. The summed E-state index contributed by atoms with van der Waals surface area (Å²) in [7, 11) is -3.86. The van der Waals surface area contributed by atoms with Crippen molar-refractivity contribution in [3.05, 3.63) is 77.4 Å². The lowest BCUT2D eigenvalue weighted by Gasteiger charge is -2.19. The van der Waals surface area contributed by atoms with Crippen LogP contribution in [0.15, 0.2) is 70.0 Å². The van der Waals surface area contributed by atoms with Crippen molar-refractivity contribution < 1.29 is 13.2 Å². The summed E-state index contributed by atoms with van der Waals surface area (Å²) < 4.78 is 29.2. The van der Waals surface area contributed by atoms with Gasteiger partial charge in [0.2, 0.25) is 0 Å². The van der Waals surface area contributed by atoms with Crippen molar-refractivity contribution >= 4 is 21.5 Å². The Balaban J connectivity index is 2.03. The van der Waals surface area contributed by atoms with Crippen LogP contribution in [0.2, 0.25) is 0 Å². The molecule has 0 unspecified atom stereocenters. The van der Waals surface area contributed by atoms with E-state index in [4.69, 9.17) is 0 Å². The van der Waals surface area contributed by atoms with Gasteiger partial charge in [-0.15, -0.1) is 0 Å². The molecule has 128 valence electrons. The molecule has 2 aromatic carbocycles. The highest BCUT2D eigenvalue weighted by molar-refractivity contribution is 7.90. The number of nitrogens with zero attached hydrogens (tertiary/aromatic N) is 1. The van der Waals surface area contributed by atoms with E-state index in [0.29, 0.717) is 11.1 Å². The van der Waals surface area contributed by atoms with E-state index < -0.39 is 10.0 Å². The number of sulfonamides is 1. The molecule has 0 fully saturated rings. The fourth-order valence-corrected chi connectivity index (χ4v) is 3.65. The minimum Gasteiger partial charge on any atom is -0.289 e. The largest absolute Gasteiger partial charge is 0.289 e. The lowest BCUT2D eigenvalue weighted by molar-refractivity contribution is 0.104. The van der Waals surface area contributed by atoms with Crippen molar-refractivity contribution in [1.29, 1.82) is 0 Å². The summed E-state index contributed by atoms with van der Waals surface area (Å²) in [6.45, 7) is 6.20. The predicted octanol–water partition coefficient (Wildman–Crippen LogP) is 3.91. The molecule has 0 aromatic heterocycles. The van der Waals surface area contributed by atoms with Gasteiger partial charge in [0, 0.05) is 11.1 Å². The Morgan fingerprint density at radius 3 is 2.04 bits per heavy atom. The first-order chi connectivity index (χ1) is 11.7. The number of rotatable bonds is 2. The molecule has 0 spiro atoms. The molecular formula is C20H19NO3S. The summed E-state index contributed by atoms with van der Waals surface area (Å²) in [6, 6.07) is 13.6. The summed E-state index contributed by atoms with van der Waals surface area (Å²) >= 11 is 0. The molecule has 3 rings (SSSR count). The second-order valence-corrected chi connectivity index (χ2v) is 8.57. The molecule has 0 aliphatic heterocycles. The van der Waals surface area contributed by atoms with Gasteiger partial charge in [0.25, 0.3) is 10.0 Å². The highest BCUT2D eigenvalue weighted by Gasteiger charge is 2.21. The maximum Gasteiger partial charge on any atom is 0.282 e. The SMILES string of the molecule is CC(C)(C)c1ccc(S(=O)(=O)/N=C2/C=CC(=O)c3ccccc32)cc1. The minimum atomic E-state index is -3.86. The minimum absolute atomic E-state index is 0.0560. The second kappa shape index (κ2) is 6.08. The first kappa shape index (κ1) is 17.3. The Bertz CT molecular complexity index is 992. The first-order valence-corrected chi connectivity index (χ1v) is 9.40. The van der Waals surface area contributed by atoms with E-state index in [9.17, 15) is 13.2 Å². The molecule has 1 aliphatic rings. The van der Waals surface area contributed by atoms with Crippen molar-refractivity contribution in [2.45, 2.75) is 31.1 Å². The number of allylic oxidation sites excluding steroid dienone is 2. The summed E-state index contributed by atoms with van der Waals surface area (Å²) in [6.07, 6.45) is 2.80. The fraction of sp³-hybridized carbons (Fsp3) is 0.200. The van der Waals surface area contributed by atoms with Gasteiger partial charge in [-0.25, -0.2) is 0 Å². The average molecular weight is 353 g/mol. The van der Waals surface area contributed by atoms with Crippen LogP contribution >= 0.6 is 0 Å². The molecule has 25 heavy (non-hydrogen) atoms. The van der Waals surface area contributed by atoms with Gasteiger partial charge in [-0.1, -0.05) is 57.2 Å². The lowest BCUT2D eigenvalue weighted by Crippen LogP contribution is -2.14. The van der Waals surface area contributed by atoms with Crippen LogP contribution in [0.5, 0.6) is 0 Å². The normalized spacial score (nSPS) is 16.1. The van der Waals surface area contributed by atoms with Crippen molar-refractivity contribution in [3.8, 4) is 0 Å². The third-order valence-electron chi connectivity index (χ3n) is 4.10. The molecule has 1 aliphatic carbocycles. The molecule has 4 nitrogen and oxygen atoms in total. The van der Waals surface area contributed by atoms with Crippen LogP contribution < -0.4 is 0 Å². The van der Waals surface area contributed by atoms with E-state index in [-0.39, 0.29) is 21.8 Å². The van der Waals surface area contributed by atoms with Crippen molar-refractivity contribution in [2.24, 2.45) is 4.40 Å². The zero-order valence-electron chi connectivity index (χ0n) is 14.4. The van der Waals surface area contributed by atoms with E-state index in [2.05, 4.69) is 25.2 Å². The van der Waals surface area contributed by atoms with E-state index in [1.54, 1.807) is 48.5 Å². The molecular weight excluding hydrogens is 334 g/mol. The zero-order chi connectivity index (χ0) is 18.2. The molecule has 0 radical (unpaired) electrons. The fourth-order valence-electron chi connectivity index (χ4n) is 2.64. The highest BCUT2D eigenvalue weighted by Crippen LogP contribution is 2.25. The molecule has 0 heterocycles. The van der Waals surface area contributed by atoms with E-state index >= 15 is 0 Å². The number of carbonyl (C=O) groups excluding carboxylic acids is 1. The molecule has 2 aromatic rings. The molecule has 0 saturated carbocycles. The van der Waals surface area contributed by atoms with Crippen LogP contribution in [-0.4, -0.2) is 19.9 Å². The average Bonchev–Trinajstić information content (AvgIpc) is 2.57. The van der Waals surface area contributed by atoms with Gasteiger partial charge in [0.1, 0.15) is 0 Å². The topological polar surface area (TPSA) is 63.6 Å². The van der Waals surface area contributed by atoms with E-state index in [1.165, 1.54) is 12.2 Å². The van der Waals surface area contributed by atoms with Gasteiger partial charge in [-0.3, -0.25) is 4.79 Å². The van der Waals surface area contributed by atoms with Crippen molar-refractivity contribution in [2.75, 3.05) is 0 Å². The smallest absolute Gasteiger partial charge is 0.282 e. The number of carbonyl (C=O) groups is 1. The lowest BCUT2D eigenvalue weighted by atomic mass is 9.87. The number of benzene rings is 2. The highest BCUT2D eigenvalue weighted by atomic mass is 32.2. The Hall–Kier alpha value is -2.53. The monoisotopic (exact) mass is 353 g/mol. The van der Waals surface area contributed by atoms with Gasteiger partial charge in [0.05, 0.1) is 10.6 Å². The number of ketones is 1. The van der Waals surface area contributed by atoms with E-state index in [0.717, 1.165) is 5.56 Å². The van der Waals surface area contributed by atoms with Gasteiger partial charge in [-0.2, -0.15) is 12.8 Å². The van der Waals surface area contributed by atoms with Crippen molar-refractivity contribution in [3.63, 3.8) is 0 Å². The van der Waals surface area contributed by atoms with Crippen LogP contribution in [0.4, 0.5) is 0 Å². The van der Waals surface area contributed by atoms with Crippen LogP contribution in [0, 0.1) is 0 Å². The summed E-state index contributed by atoms with van der Waals surface area (Å²) in [5, 5.41) is 0. The molecule has 0 saturated heterocycles. The standard InChI is InChI=1S/C20H19NO3S/c1-20(2,3)14-8-10-15(11-9-14)25(23,24)21-18-12-13-19(22)17-7-5-4-6-16(17)18/h4-13H,1-3H3/b21-18-. The van der Waals surface area contributed by atoms with Crippen molar-refractivity contribution in [1.82, 2.24) is 0 Å². The maximum atomic E-state index is 12.6. The number of hydrogen-bond donors (Lipinski definition) is 0. The summed E-state index contributed by atoms with van der Waals surface area (Å²) in [5.41, 5.74) is 2.26. The second-order valence-electron chi connectivity index (χ2n) is 6.97.